The van der Waals surface area contributed by atoms with Gasteiger partial charge in [0, 0.05) is 0 Å². The second kappa shape index (κ2) is 4.49. The van der Waals surface area contributed by atoms with Gasteiger partial charge in [0.25, 0.3) is 0 Å². The van der Waals surface area contributed by atoms with Gasteiger partial charge in [0.15, 0.2) is 5.78 Å². The van der Waals surface area contributed by atoms with E-state index in [9.17, 15) is 9.90 Å². The molecular weight excluding hydrogens is 204 g/mol. The summed E-state index contributed by atoms with van der Waals surface area (Å²) in [6.45, 7) is 0. The third-order valence-corrected chi connectivity index (χ3v) is 2.85. The molecule has 1 aromatic carbocycles. The zero-order chi connectivity index (χ0) is 11.5. The van der Waals surface area contributed by atoms with Crippen molar-refractivity contribution in [3.63, 3.8) is 0 Å². The van der Waals surface area contributed by atoms with Gasteiger partial charge in [-0.05, 0) is 30.2 Å². The smallest absolute Gasteiger partial charge is 0.161 e. The number of allylic oxidation sites excluding steroid dienone is 1. The summed E-state index contributed by atoms with van der Waals surface area (Å²) >= 11 is 0. The Morgan fingerprint density at radius 1 is 1.31 bits per heavy atom. The van der Waals surface area contributed by atoms with Crippen LogP contribution in [0.3, 0.4) is 0 Å². The lowest BCUT2D eigenvalue weighted by Gasteiger charge is -2.13. The van der Waals surface area contributed by atoms with Crippen LogP contribution in [0.15, 0.2) is 36.4 Å². The van der Waals surface area contributed by atoms with Gasteiger partial charge < -0.3 is 9.84 Å². The van der Waals surface area contributed by atoms with Crippen molar-refractivity contribution in [2.24, 2.45) is 5.92 Å². The van der Waals surface area contributed by atoms with E-state index in [-0.39, 0.29) is 11.7 Å². The SMILES string of the molecule is COc1ccc(CC2C(=O)C=CC2O)cc1. The molecule has 16 heavy (non-hydrogen) atoms. The number of rotatable bonds is 3. The molecule has 0 saturated heterocycles. The largest absolute Gasteiger partial charge is 0.497 e. The molecule has 1 aliphatic rings. The van der Waals surface area contributed by atoms with Crippen molar-refractivity contribution in [1.82, 2.24) is 0 Å². The molecule has 3 nitrogen and oxygen atoms in total. The molecule has 2 atom stereocenters. The zero-order valence-electron chi connectivity index (χ0n) is 9.09. The summed E-state index contributed by atoms with van der Waals surface area (Å²) in [5, 5.41) is 9.59. The average Bonchev–Trinajstić information content (AvgIpc) is 2.62. The molecule has 84 valence electrons. The van der Waals surface area contributed by atoms with Crippen molar-refractivity contribution >= 4 is 5.78 Å². The standard InChI is InChI=1S/C13H14O3/c1-16-10-4-2-9(3-5-10)8-11-12(14)6-7-13(11)15/h2-7,11-12,14H,8H2,1H3. The molecule has 1 N–H and O–H groups in total. The number of carbonyl (C=O) groups is 1. The minimum atomic E-state index is -0.644. The molecule has 1 aromatic rings. The second-order valence-electron chi connectivity index (χ2n) is 3.91. The van der Waals surface area contributed by atoms with E-state index in [1.165, 1.54) is 6.08 Å². The van der Waals surface area contributed by atoms with Crippen LogP contribution in [0, 0.1) is 5.92 Å². The highest BCUT2D eigenvalue weighted by Gasteiger charge is 2.28. The van der Waals surface area contributed by atoms with E-state index in [0.717, 1.165) is 11.3 Å². The molecule has 1 aliphatic carbocycles. The number of aliphatic hydroxyl groups excluding tert-OH is 1. The Hall–Kier alpha value is -1.61. The minimum absolute atomic E-state index is 0.00307. The van der Waals surface area contributed by atoms with Crippen molar-refractivity contribution < 1.29 is 14.6 Å². The van der Waals surface area contributed by atoms with E-state index >= 15 is 0 Å². The summed E-state index contributed by atoms with van der Waals surface area (Å²) in [6.07, 6.45) is 2.93. The fourth-order valence-electron chi connectivity index (χ4n) is 1.86. The van der Waals surface area contributed by atoms with E-state index in [4.69, 9.17) is 4.74 Å². The first-order valence-electron chi connectivity index (χ1n) is 5.24. The molecule has 0 fully saturated rings. The van der Waals surface area contributed by atoms with Crippen LogP contribution in [0.1, 0.15) is 5.56 Å². The fraction of sp³-hybridized carbons (Fsp3) is 0.308. The lowest BCUT2D eigenvalue weighted by Crippen LogP contribution is -2.22. The lowest BCUT2D eigenvalue weighted by atomic mass is 9.95. The highest BCUT2D eigenvalue weighted by Crippen LogP contribution is 2.21. The molecular formula is C13H14O3. The molecule has 0 aromatic heterocycles. The Morgan fingerprint density at radius 3 is 2.50 bits per heavy atom. The molecule has 0 spiro atoms. The van der Waals surface area contributed by atoms with Crippen molar-refractivity contribution in [3.05, 3.63) is 42.0 Å². The zero-order valence-corrected chi connectivity index (χ0v) is 9.09. The number of benzene rings is 1. The number of ketones is 1. The van der Waals surface area contributed by atoms with E-state index in [0.29, 0.717) is 6.42 Å². The number of methoxy groups -OCH3 is 1. The first-order chi connectivity index (χ1) is 7.70. The number of hydrogen-bond donors (Lipinski definition) is 1. The number of hydrogen-bond acceptors (Lipinski definition) is 3. The van der Waals surface area contributed by atoms with E-state index in [2.05, 4.69) is 0 Å². The molecule has 2 unspecified atom stereocenters. The van der Waals surface area contributed by atoms with Crippen LogP contribution in [-0.4, -0.2) is 24.1 Å². The minimum Gasteiger partial charge on any atom is -0.497 e. The molecule has 0 aliphatic heterocycles. The Labute approximate surface area is 94.4 Å². The molecule has 0 heterocycles. The van der Waals surface area contributed by atoms with Gasteiger partial charge in [-0.1, -0.05) is 18.2 Å². The summed E-state index contributed by atoms with van der Waals surface area (Å²) in [6, 6.07) is 7.54. The van der Waals surface area contributed by atoms with Crippen molar-refractivity contribution in [3.8, 4) is 5.75 Å². The van der Waals surface area contributed by atoms with Crippen molar-refractivity contribution in [2.75, 3.05) is 7.11 Å². The predicted octanol–water partition coefficient (Wildman–Crippen LogP) is 1.35. The lowest BCUT2D eigenvalue weighted by molar-refractivity contribution is -0.119. The van der Waals surface area contributed by atoms with Gasteiger partial charge in [0.05, 0.1) is 19.1 Å². The summed E-state index contributed by atoms with van der Waals surface area (Å²) < 4.78 is 5.05. The first-order valence-corrected chi connectivity index (χ1v) is 5.24. The fourth-order valence-corrected chi connectivity index (χ4v) is 1.86. The van der Waals surface area contributed by atoms with Crippen LogP contribution < -0.4 is 4.74 Å². The second-order valence-corrected chi connectivity index (χ2v) is 3.91. The van der Waals surface area contributed by atoms with E-state index < -0.39 is 6.10 Å². The van der Waals surface area contributed by atoms with E-state index in [1.54, 1.807) is 13.2 Å². The molecule has 0 saturated carbocycles. The Morgan fingerprint density at radius 2 is 2.00 bits per heavy atom. The summed E-state index contributed by atoms with van der Waals surface area (Å²) in [5.74, 6) is 0.469. The number of aliphatic hydroxyl groups is 1. The molecule has 0 radical (unpaired) electrons. The van der Waals surface area contributed by atoms with Gasteiger partial charge in [-0.15, -0.1) is 0 Å². The summed E-state index contributed by atoms with van der Waals surface area (Å²) in [4.78, 5) is 11.4. The molecule has 3 heteroatoms. The predicted molar refractivity (Wildman–Crippen MR) is 60.3 cm³/mol. The molecule has 2 rings (SSSR count). The van der Waals surface area contributed by atoms with Gasteiger partial charge >= 0.3 is 0 Å². The average molecular weight is 218 g/mol. The van der Waals surface area contributed by atoms with Gasteiger partial charge in [0.2, 0.25) is 0 Å². The van der Waals surface area contributed by atoms with Gasteiger partial charge in [-0.3, -0.25) is 4.79 Å². The van der Waals surface area contributed by atoms with Crippen LogP contribution in [0.4, 0.5) is 0 Å². The quantitative estimate of drug-likeness (QED) is 0.833. The third kappa shape index (κ3) is 2.14. The maximum Gasteiger partial charge on any atom is 0.161 e. The van der Waals surface area contributed by atoms with Crippen LogP contribution in [-0.2, 0) is 11.2 Å². The van der Waals surface area contributed by atoms with E-state index in [1.807, 2.05) is 24.3 Å². The Bertz CT molecular complexity index is 406. The van der Waals surface area contributed by atoms with Gasteiger partial charge in [0.1, 0.15) is 5.75 Å². The van der Waals surface area contributed by atoms with Crippen LogP contribution >= 0.6 is 0 Å². The Balaban J connectivity index is 2.06. The van der Waals surface area contributed by atoms with Crippen LogP contribution in [0.2, 0.25) is 0 Å². The summed E-state index contributed by atoms with van der Waals surface area (Å²) in [7, 11) is 1.61. The highest BCUT2D eigenvalue weighted by atomic mass is 16.5. The van der Waals surface area contributed by atoms with Crippen LogP contribution in [0.25, 0.3) is 0 Å². The maximum atomic E-state index is 11.4. The van der Waals surface area contributed by atoms with Crippen LogP contribution in [0.5, 0.6) is 5.75 Å². The van der Waals surface area contributed by atoms with Crippen molar-refractivity contribution in [2.45, 2.75) is 12.5 Å². The molecule has 0 bridgehead atoms. The normalized spacial score (nSPS) is 23.8. The highest BCUT2D eigenvalue weighted by molar-refractivity contribution is 5.95. The number of carbonyl (C=O) groups excluding carboxylic acids is 1. The maximum absolute atomic E-state index is 11.4. The topological polar surface area (TPSA) is 46.5 Å². The first kappa shape index (κ1) is 10.9. The van der Waals surface area contributed by atoms with Gasteiger partial charge in [-0.25, -0.2) is 0 Å². The van der Waals surface area contributed by atoms with Crippen molar-refractivity contribution in [1.29, 1.82) is 0 Å². The number of ether oxygens (including phenoxy) is 1. The monoisotopic (exact) mass is 218 g/mol. The molecule has 0 amide bonds. The summed E-state index contributed by atoms with van der Waals surface area (Å²) in [5.41, 5.74) is 1.03. The Kier molecular flexibility index (Phi) is 3.06. The van der Waals surface area contributed by atoms with Gasteiger partial charge in [-0.2, -0.15) is 0 Å². The third-order valence-electron chi connectivity index (χ3n) is 2.85.